The Labute approximate surface area is 153 Å². The molecule has 4 heterocycles. The summed E-state index contributed by atoms with van der Waals surface area (Å²) in [6.07, 6.45) is 7.52. The molecule has 6 nitrogen and oxygen atoms in total. The molecule has 26 heavy (non-hydrogen) atoms. The summed E-state index contributed by atoms with van der Waals surface area (Å²) in [5.41, 5.74) is 5.24. The fourth-order valence-electron chi connectivity index (χ4n) is 3.08. The molecule has 0 aliphatic carbocycles. The van der Waals surface area contributed by atoms with Crippen LogP contribution in [0.25, 0.3) is 22.6 Å². The summed E-state index contributed by atoms with van der Waals surface area (Å²) < 4.78 is 5.44. The second kappa shape index (κ2) is 7.25. The van der Waals surface area contributed by atoms with E-state index in [1.165, 1.54) is 0 Å². The van der Waals surface area contributed by atoms with Crippen LogP contribution < -0.4 is 4.90 Å². The number of H-pyrrole nitrogens is 1. The molecule has 1 aliphatic rings. The first-order chi connectivity index (χ1) is 12.7. The number of pyridine rings is 2. The van der Waals surface area contributed by atoms with Crippen molar-refractivity contribution in [3.8, 4) is 22.6 Å². The Balaban J connectivity index is 1.63. The van der Waals surface area contributed by atoms with Gasteiger partial charge in [0.2, 0.25) is 0 Å². The van der Waals surface area contributed by atoms with Crippen LogP contribution in [0, 0.1) is 0 Å². The van der Waals surface area contributed by atoms with Crippen molar-refractivity contribution in [1.29, 1.82) is 0 Å². The number of nitrogens with zero attached hydrogens (tertiary/aromatic N) is 4. The molecule has 0 spiro atoms. The lowest BCUT2D eigenvalue weighted by molar-refractivity contribution is 0.122. The molecule has 6 heteroatoms. The van der Waals surface area contributed by atoms with Crippen LogP contribution in [0.5, 0.6) is 0 Å². The predicted molar refractivity (Wildman–Crippen MR) is 102 cm³/mol. The monoisotopic (exact) mass is 349 g/mol. The summed E-state index contributed by atoms with van der Waals surface area (Å²) in [6, 6.07) is 6.25. The Morgan fingerprint density at radius 1 is 1.04 bits per heavy atom. The lowest BCUT2D eigenvalue weighted by Gasteiger charge is -2.28. The van der Waals surface area contributed by atoms with Crippen molar-refractivity contribution >= 4 is 5.69 Å². The lowest BCUT2D eigenvalue weighted by atomic mass is 10.1. The highest BCUT2D eigenvalue weighted by atomic mass is 16.5. The van der Waals surface area contributed by atoms with Gasteiger partial charge in [-0.15, -0.1) is 0 Å². The largest absolute Gasteiger partial charge is 0.378 e. The topological polar surface area (TPSA) is 66.9 Å². The van der Waals surface area contributed by atoms with E-state index in [4.69, 9.17) is 4.74 Å². The van der Waals surface area contributed by atoms with E-state index in [9.17, 15) is 0 Å². The van der Waals surface area contributed by atoms with E-state index in [0.717, 1.165) is 60.3 Å². The molecular formula is C20H23N5O. The van der Waals surface area contributed by atoms with Gasteiger partial charge in [0.15, 0.2) is 5.82 Å². The zero-order valence-electron chi connectivity index (χ0n) is 15.1. The summed E-state index contributed by atoms with van der Waals surface area (Å²) >= 11 is 0. The number of hydrogen-bond acceptors (Lipinski definition) is 5. The van der Waals surface area contributed by atoms with Crippen molar-refractivity contribution in [2.75, 3.05) is 31.2 Å². The molecule has 1 saturated heterocycles. The van der Waals surface area contributed by atoms with Crippen LogP contribution >= 0.6 is 0 Å². The van der Waals surface area contributed by atoms with E-state index in [1.807, 2.05) is 30.9 Å². The molecule has 1 fully saturated rings. The summed E-state index contributed by atoms with van der Waals surface area (Å²) in [4.78, 5) is 19.1. The molecule has 134 valence electrons. The normalized spacial score (nSPS) is 14.8. The van der Waals surface area contributed by atoms with Crippen LogP contribution in [-0.2, 0) is 4.74 Å². The maximum Gasteiger partial charge on any atom is 0.156 e. The highest BCUT2D eigenvalue weighted by Gasteiger charge is 2.13. The van der Waals surface area contributed by atoms with Gasteiger partial charge in [0.1, 0.15) is 5.69 Å². The summed E-state index contributed by atoms with van der Waals surface area (Å²) in [7, 11) is 0. The maximum absolute atomic E-state index is 5.44. The third-order valence-corrected chi connectivity index (χ3v) is 4.65. The average Bonchev–Trinajstić information content (AvgIpc) is 3.20. The molecule has 0 saturated carbocycles. The van der Waals surface area contributed by atoms with Crippen LogP contribution in [0.1, 0.15) is 25.5 Å². The molecule has 3 aromatic heterocycles. The quantitative estimate of drug-likeness (QED) is 0.781. The van der Waals surface area contributed by atoms with Crippen LogP contribution in [-0.4, -0.2) is 46.2 Å². The van der Waals surface area contributed by atoms with Crippen molar-refractivity contribution in [2.45, 2.75) is 19.8 Å². The van der Waals surface area contributed by atoms with E-state index in [2.05, 4.69) is 50.8 Å². The van der Waals surface area contributed by atoms with Crippen molar-refractivity contribution in [3.05, 3.63) is 48.7 Å². The van der Waals surface area contributed by atoms with Gasteiger partial charge in [-0.05, 0) is 29.7 Å². The third kappa shape index (κ3) is 3.46. The number of anilines is 1. The smallest absolute Gasteiger partial charge is 0.156 e. The van der Waals surface area contributed by atoms with Crippen molar-refractivity contribution in [3.63, 3.8) is 0 Å². The van der Waals surface area contributed by atoms with Gasteiger partial charge in [-0.2, -0.15) is 0 Å². The second-order valence-corrected chi connectivity index (χ2v) is 6.80. The zero-order chi connectivity index (χ0) is 17.9. The lowest BCUT2D eigenvalue weighted by Crippen LogP contribution is -2.36. The number of aromatic amines is 1. The molecule has 0 bridgehead atoms. The molecule has 0 atom stereocenters. The van der Waals surface area contributed by atoms with Gasteiger partial charge >= 0.3 is 0 Å². The number of nitrogens with one attached hydrogen (secondary N) is 1. The minimum Gasteiger partial charge on any atom is -0.378 e. The fourth-order valence-corrected chi connectivity index (χ4v) is 3.08. The first-order valence-corrected chi connectivity index (χ1v) is 9.00. The maximum atomic E-state index is 5.44. The molecule has 3 aromatic rings. The SMILES string of the molecule is CC(C)c1cnc(-c2cc(-c3cncc(N4CCOCC4)c3)ccn2)[nH]1. The first-order valence-electron chi connectivity index (χ1n) is 9.00. The number of aromatic nitrogens is 4. The molecule has 0 amide bonds. The third-order valence-electron chi connectivity index (χ3n) is 4.65. The first kappa shape index (κ1) is 16.7. The molecule has 0 unspecified atom stereocenters. The molecule has 0 radical (unpaired) electrons. The number of hydrogen-bond donors (Lipinski definition) is 1. The number of rotatable bonds is 4. The van der Waals surface area contributed by atoms with Crippen molar-refractivity contribution in [1.82, 2.24) is 19.9 Å². The van der Waals surface area contributed by atoms with Crippen LogP contribution in [0.15, 0.2) is 43.0 Å². The van der Waals surface area contributed by atoms with E-state index in [1.54, 1.807) is 0 Å². The number of imidazole rings is 1. The standard InChI is InChI=1S/C20H23N5O/c1-14(2)19-13-23-20(24-19)18-10-15(3-4-22-18)16-9-17(12-21-11-16)25-5-7-26-8-6-25/h3-4,9-14H,5-8H2,1-2H3,(H,23,24). The molecule has 1 aliphatic heterocycles. The van der Waals surface area contributed by atoms with Gasteiger partial charge in [0, 0.05) is 42.9 Å². The molecule has 0 aromatic carbocycles. The minimum absolute atomic E-state index is 0.411. The van der Waals surface area contributed by atoms with Gasteiger partial charge in [0.25, 0.3) is 0 Å². The van der Waals surface area contributed by atoms with E-state index in [-0.39, 0.29) is 0 Å². The Bertz CT molecular complexity index is 883. The van der Waals surface area contributed by atoms with E-state index in [0.29, 0.717) is 5.92 Å². The van der Waals surface area contributed by atoms with Gasteiger partial charge < -0.3 is 14.6 Å². The minimum atomic E-state index is 0.411. The average molecular weight is 349 g/mol. The zero-order valence-corrected chi connectivity index (χ0v) is 15.1. The summed E-state index contributed by atoms with van der Waals surface area (Å²) in [6.45, 7) is 7.61. The van der Waals surface area contributed by atoms with Gasteiger partial charge in [-0.25, -0.2) is 4.98 Å². The highest BCUT2D eigenvalue weighted by molar-refractivity contribution is 5.70. The van der Waals surface area contributed by atoms with Gasteiger partial charge in [-0.3, -0.25) is 9.97 Å². The molecule has 1 N–H and O–H groups in total. The predicted octanol–water partition coefficient (Wildman–Crippen LogP) is 3.49. The van der Waals surface area contributed by atoms with Crippen LogP contribution in [0.3, 0.4) is 0 Å². The van der Waals surface area contributed by atoms with E-state index < -0.39 is 0 Å². The Hall–Kier alpha value is -2.73. The summed E-state index contributed by atoms with van der Waals surface area (Å²) in [5.74, 6) is 1.21. The molecule has 4 rings (SSSR count). The van der Waals surface area contributed by atoms with Gasteiger partial charge in [-0.1, -0.05) is 13.8 Å². The van der Waals surface area contributed by atoms with Crippen LogP contribution in [0.4, 0.5) is 5.69 Å². The Morgan fingerprint density at radius 3 is 2.65 bits per heavy atom. The highest BCUT2D eigenvalue weighted by Crippen LogP contribution is 2.27. The molecular weight excluding hydrogens is 326 g/mol. The fraction of sp³-hybridized carbons (Fsp3) is 0.350. The van der Waals surface area contributed by atoms with E-state index >= 15 is 0 Å². The Morgan fingerprint density at radius 2 is 1.88 bits per heavy atom. The number of ether oxygens (including phenoxy) is 1. The van der Waals surface area contributed by atoms with Crippen molar-refractivity contribution < 1.29 is 4.74 Å². The van der Waals surface area contributed by atoms with Crippen molar-refractivity contribution in [2.24, 2.45) is 0 Å². The van der Waals surface area contributed by atoms with Gasteiger partial charge in [0.05, 0.1) is 25.1 Å². The number of morpholine rings is 1. The summed E-state index contributed by atoms with van der Waals surface area (Å²) in [5, 5.41) is 0. The van der Waals surface area contributed by atoms with Crippen LogP contribution in [0.2, 0.25) is 0 Å². The second-order valence-electron chi connectivity index (χ2n) is 6.80. The Kier molecular flexibility index (Phi) is 4.67.